The van der Waals surface area contributed by atoms with Crippen LogP contribution in [-0.4, -0.2) is 68.5 Å². The number of nitrogens with zero attached hydrogens (tertiary/aromatic N) is 1. The van der Waals surface area contributed by atoms with Gasteiger partial charge in [0.25, 0.3) is 7.82 Å². The number of hydrogen-bond acceptors (Lipinski definition) is 6. The van der Waals surface area contributed by atoms with Gasteiger partial charge in [-0.1, -0.05) is 340 Å². The molecule has 0 bridgehead atoms. The quantitative estimate of drug-likeness (QED) is 0.0272. The van der Waals surface area contributed by atoms with Crippen molar-refractivity contribution in [1.82, 2.24) is 5.32 Å². The Kier molecular flexibility index (Phi) is 60.7. The van der Waals surface area contributed by atoms with Gasteiger partial charge in [-0.3, -0.25) is 9.36 Å². The van der Waals surface area contributed by atoms with Gasteiger partial charge in [-0.05, 0) is 44.9 Å². The molecule has 0 aliphatic heterocycles. The van der Waals surface area contributed by atoms with E-state index in [1.54, 1.807) is 6.08 Å². The lowest BCUT2D eigenvalue weighted by Crippen LogP contribution is -2.45. The summed E-state index contributed by atoms with van der Waals surface area (Å²) in [6.07, 6.45) is 80.3. The predicted octanol–water partition coefficient (Wildman–Crippen LogP) is 21.6. The Hall–Kier alpha value is -1.02. The Balaban J connectivity index is 3.89. The molecule has 3 atom stereocenters. The summed E-state index contributed by atoms with van der Waals surface area (Å²) >= 11 is 0. The van der Waals surface area contributed by atoms with Crippen LogP contribution in [0.4, 0.5) is 0 Å². The summed E-state index contributed by atoms with van der Waals surface area (Å²) in [5.41, 5.74) is 0. The number of quaternary nitrogens is 1. The standard InChI is InChI=1S/C70H139N2O6P/c1-6-8-10-12-14-16-18-20-22-24-26-27-28-29-30-31-32-33-34-35-36-37-38-39-40-41-42-43-44-45-46-48-50-52-54-56-58-60-62-64-70(74)71-68(67-78-79(75,76)77-66-65-72(3,4)5)69(73)63-61-59-57-55-53-51-49-47-25-23-21-19-17-15-13-11-9-7-2/h24,26,61,63,68-69,73H,6-23,25,27-60,62,64-67H2,1-5H3,(H-,71,74,75,76)/b26-24-,63-61+. The maximum atomic E-state index is 13.0. The minimum Gasteiger partial charge on any atom is -0.756 e. The molecule has 9 heteroatoms. The van der Waals surface area contributed by atoms with Crippen LogP contribution in [0.5, 0.6) is 0 Å². The van der Waals surface area contributed by atoms with Gasteiger partial charge in [-0.15, -0.1) is 0 Å². The van der Waals surface area contributed by atoms with Crippen molar-refractivity contribution in [1.29, 1.82) is 0 Å². The third-order valence-corrected chi connectivity index (χ3v) is 17.4. The van der Waals surface area contributed by atoms with Crippen molar-refractivity contribution < 1.29 is 32.9 Å². The molecule has 0 aromatic heterocycles. The van der Waals surface area contributed by atoms with Crippen molar-refractivity contribution in [3.63, 3.8) is 0 Å². The number of hydrogen-bond donors (Lipinski definition) is 2. The molecule has 0 heterocycles. The van der Waals surface area contributed by atoms with E-state index in [0.29, 0.717) is 17.4 Å². The van der Waals surface area contributed by atoms with Crippen LogP contribution in [0.2, 0.25) is 0 Å². The Morgan fingerprint density at radius 3 is 0.987 bits per heavy atom. The normalized spacial score (nSPS) is 13.8. The average Bonchev–Trinajstić information content (AvgIpc) is 3.42. The van der Waals surface area contributed by atoms with Crippen molar-refractivity contribution in [2.24, 2.45) is 0 Å². The Bertz CT molecular complexity index is 1340. The Morgan fingerprint density at radius 1 is 0.430 bits per heavy atom. The van der Waals surface area contributed by atoms with Gasteiger partial charge >= 0.3 is 0 Å². The zero-order chi connectivity index (χ0) is 57.7. The first-order chi connectivity index (χ1) is 38.5. The van der Waals surface area contributed by atoms with Gasteiger partial charge in [0.2, 0.25) is 5.91 Å². The summed E-state index contributed by atoms with van der Waals surface area (Å²) < 4.78 is 23.4. The van der Waals surface area contributed by atoms with Crippen LogP contribution in [0.25, 0.3) is 0 Å². The van der Waals surface area contributed by atoms with Crippen molar-refractivity contribution >= 4 is 13.7 Å². The summed E-state index contributed by atoms with van der Waals surface area (Å²) in [6.45, 7) is 4.70. The maximum Gasteiger partial charge on any atom is 0.268 e. The molecule has 0 saturated carbocycles. The fourth-order valence-electron chi connectivity index (χ4n) is 10.9. The zero-order valence-corrected chi connectivity index (χ0v) is 54.8. The number of phosphoric ester groups is 1. The molecule has 8 nitrogen and oxygen atoms in total. The zero-order valence-electron chi connectivity index (χ0n) is 53.9. The highest BCUT2D eigenvalue weighted by atomic mass is 31.2. The molecule has 0 aliphatic rings. The van der Waals surface area contributed by atoms with Crippen LogP contribution in [0.15, 0.2) is 24.3 Å². The highest BCUT2D eigenvalue weighted by Crippen LogP contribution is 2.38. The number of aliphatic hydroxyl groups excluding tert-OH is 1. The average molecular weight is 1140 g/mol. The molecule has 0 spiro atoms. The van der Waals surface area contributed by atoms with E-state index in [-0.39, 0.29) is 19.1 Å². The van der Waals surface area contributed by atoms with Crippen LogP contribution < -0.4 is 10.2 Å². The molecule has 0 aliphatic carbocycles. The van der Waals surface area contributed by atoms with Gasteiger partial charge in [0, 0.05) is 6.42 Å². The molecule has 0 saturated heterocycles. The Morgan fingerprint density at radius 2 is 0.696 bits per heavy atom. The smallest absolute Gasteiger partial charge is 0.268 e. The molecular formula is C70H139N2O6P. The van der Waals surface area contributed by atoms with Crippen LogP contribution in [-0.2, 0) is 18.4 Å². The minimum absolute atomic E-state index is 0.00216. The lowest BCUT2D eigenvalue weighted by molar-refractivity contribution is -0.870. The second kappa shape index (κ2) is 61.5. The van der Waals surface area contributed by atoms with Gasteiger partial charge in [-0.2, -0.15) is 0 Å². The molecule has 79 heavy (non-hydrogen) atoms. The largest absolute Gasteiger partial charge is 0.756 e. The van der Waals surface area contributed by atoms with Crippen LogP contribution in [0.1, 0.15) is 367 Å². The van der Waals surface area contributed by atoms with E-state index in [2.05, 4.69) is 31.3 Å². The number of aliphatic hydroxyl groups is 1. The number of phosphoric acid groups is 1. The number of allylic oxidation sites excluding steroid dienone is 3. The molecule has 0 fully saturated rings. The molecule has 3 unspecified atom stereocenters. The first-order valence-corrected chi connectivity index (χ1v) is 36.7. The highest BCUT2D eigenvalue weighted by molar-refractivity contribution is 7.45. The monoisotopic (exact) mass is 1140 g/mol. The van der Waals surface area contributed by atoms with Gasteiger partial charge in [0.05, 0.1) is 39.9 Å². The van der Waals surface area contributed by atoms with Crippen molar-refractivity contribution in [2.75, 3.05) is 40.9 Å². The van der Waals surface area contributed by atoms with Crippen molar-refractivity contribution in [3.05, 3.63) is 24.3 Å². The molecule has 470 valence electrons. The number of nitrogens with one attached hydrogen (secondary N) is 1. The number of likely N-dealkylation sites (N-methyl/N-ethyl adjacent to an activating group) is 1. The van der Waals surface area contributed by atoms with Crippen LogP contribution in [0, 0.1) is 0 Å². The lowest BCUT2D eigenvalue weighted by atomic mass is 10.0. The summed E-state index contributed by atoms with van der Waals surface area (Å²) in [6, 6.07) is -0.884. The molecule has 0 aromatic rings. The lowest BCUT2D eigenvalue weighted by Gasteiger charge is -2.29. The van der Waals surface area contributed by atoms with Crippen LogP contribution in [0.3, 0.4) is 0 Å². The number of carbonyl (C=O) groups excluding carboxylic acids is 1. The van der Waals surface area contributed by atoms with Gasteiger partial charge in [-0.25, -0.2) is 0 Å². The first-order valence-electron chi connectivity index (χ1n) is 35.2. The third-order valence-electron chi connectivity index (χ3n) is 16.4. The van der Waals surface area contributed by atoms with Gasteiger partial charge < -0.3 is 28.8 Å². The van der Waals surface area contributed by atoms with Gasteiger partial charge in [0.1, 0.15) is 13.2 Å². The number of unbranched alkanes of at least 4 members (excludes halogenated alkanes) is 51. The van der Waals surface area contributed by atoms with E-state index < -0.39 is 20.0 Å². The summed E-state index contributed by atoms with van der Waals surface area (Å²) in [7, 11) is 1.28. The van der Waals surface area contributed by atoms with Gasteiger partial charge in [0.15, 0.2) is 0 Å². The second-order valence-electron chi connectivity index (χ2n) is 25.6. The fourth-order valence-corrected chi connectivity index (χ4v) is 11.6. The van der Waals surface area contributed by atoms with Crippen LogP contribution >= 0.6 is 7.82 Å². The number of amides is 1. The first kappa shape index (κ1) is 78.0. The third kappa shape index (κ3) is 64.4. The molecule has 0 rings (SSSR count). The molecule has 0 aromatic carbocycles. The van der Waals surface area contributed by atoms with Crippen molar-refractivity contribution in [2.45, 2.75) is 379 Å². The van der Waals surface area contributed by atoms with E-state index in [1.165, 1.54) is 308 Å². The second-order valence-corrected chi connectivity index (χ2v) is 27.0. The molecule has 2 N–H and O–H groups in total. The molecule has 0 radical (unpaired) electrons. The fraction of sp³-hybridized carbons (Fsp3) is 0.929. The predicted molar refractivity (Wildman–Crippen MR) is 344 cm³/mol. The molecular weight excluding hydrogens is 996 g/mol. The van der Waals surface area contributed by atoms with Crippen molar-refractivity contribution in [3.8, 4) is 0 Å². The minimum atomic E-state index is -4.60. The van der Waals surface area contributed by atoms with E-state index in [9.17, 15) is 19.4 Å². The Labute approximate surface area is 494 Å². The summed E-state index contributed by atoms with van der Waals surface area (Å²) in [5, 5.41) is 13.9. The molecule has 1 amide bonds. The summed E-state index contributed by atoms with van der Waals surface area (Å²) in [4.78, 5) is 25.6. The summed E-state index contributed by atoms with van der Waals surface area (Å²) in [5.74, 6) is -0.189. The van der Waals surface area contributed by atoms with E-state index in [4.69, 9.17) is 9.05 Å². The topological polar surface area (TPSA) is 108 Å². The number of carbonyl (C=O) groups is 1. The SMILES string of the molecule is CCCCCCCCCC/C=C\CCCCCCCCCCCCCCCCCCCCCCCCCCCCCC(=O)NC(COP(=O)([O-])OCC[N+](C)(C)C)C(O)/C=C/CCCCCCCCCCCCCCCCCC. The van der Waals surface area contributed by atoms with E-state index >= 15 is 0 Å². The number of rotatable bonds is 66. The van der Waals surface area contributed by atoms with E-state index in [0.717, 1.165) is 38.5 Å². The highest BCUT2D eigenvalue weighted by Gasteiger charge is 2.23. The van der Waals surface area contributed by atoms with E-state index in [1.807, 2.05) is 27.2 Å². The maximum absolute atomic E-state index is 13.0.